The molecule has 0 radical (unpaired) electrons. The van der Waals surface area contributed by atoms with Gasteiger partial charge in [-0.1, -0.05) is 25.1 Å². The third-order valence-electron chi connectivity index (χ3n) is 6.69. The highest BCUT2D eigenvalue weighted by Gasteiger charge is 2.18. The summed E-state index contributed by atoms with van der Waals surface area (Å²) in [5.74, 6) is 1.82. The van der Waals surface area contributed by atoms with Gasteiger partial charge < -0.3 is 25.6 Å². The van der Waals surface area contributed by atoms with E-state index in [1.807, 2.05) is 61.5 Å². The average molecular weight is 592 g/mol. The van der Waals surface area contributed by atoms with Crippen LogP contribution in [-0.2, 0) is 4.74 Å². The third-order valence-corrected chi connectivity index (χ3v) is 7.68. The molecule has 1 aromatic heterocycles. The molecule has 10 nitrogen and oxygen atoms in total. The number of nitrogens with one attached hydrogen (secondary N) is 2. The highest BCUT2D eigenvalue weighted by molar-refractivity contribution is 7.99. The van der Waals surface area contributed by atoms with Gasteiger partial charge in [0, 0.05) is 47.6 Å². The highest BCUT2D eigenvalue weighted by Crippen LogP contribution is 2.36. The molecule has 4 N–H and O–H groups in total. The van der Waals surface area contributed by atoms with Crippen LogP contribution in [0.1, 0.15) is 31.4 Å². The summed E-state index contributed by atoms with van der Waals surface area (Å²) in [7, 11) is 0. The Kier molecular flexibility index (Phi) is 14.2. The number of hydrogen-bond donors (Lipinski definition) is 4. The first-order valence-electron chi connectivity index (χ1n) is 14.2. The van der Waals surface area contributed by atoms with Gasteiger partial charge in [-0.2, -0.15) is 10.4 Å². The van der Waals surface area contributed by atoms with Crippen molar-refractivity contribution in [2.75, 3.05) is 62.4 Å². The molecule has 0 saturated carbocycles. The molecule has 0 aliphatic heterocycles. The number of hydrogen-bond acceptors (Lipinski definition) is 11. The second kappa shape index (κ2) is 18.1. The molecule has 2 aromatic carbocycles. The summed E-state index contributed by atoms with van der Waals surface area (Å²) < 4.78 is 5.32. The molecule has 0 bridgehead atoms. The number of thioether (sulfide) groups is 1. The van der Waals surface area contributed by atoms with Gasteiger partial charge in [-0.25, -0.2) is 4.98 Å². The van der Waals surface area contributed by atoms with E-state index in [1.54, 1.807) is 11.8 Å². The molecule has 1 unspecified atom stereocenters. The van der Waals surface area contributed by atoms with Gasteiger partial charge in [0.05, 0.1) is 37.7 Å². The largest absolute Gasteiger partial charge is 0.395 e. The van der Waals surface area contributed by atoms with Crippen molar-refractivity contribution in [2.24, 2.45) is 10.2 Å². The summed E-state index contributed by atoms with van der Waals surface area (Å²) in [4.78, 5) is 8.15. The van der Waals surface area contributed by atoms with Gasteiger partial charge in [-0.3, -0.25) is 4.90 Å². The van der Waals surface area contributed by atoms with Gasteiger partial charge >= 0.3 is 0 Å². The van der Waals surface area contributed by atoms with Crippen LogP contribution < -0.4 is 10.6 Å². The molecule has 1 atom stereocenters. The summed E-state index contributed by atoms with van der Waals surface area (Å²) in [6.45, 7) is 8.95. The lowest BCUT2D eigenvalue weighted by Gasteiger charge is -2.27. The lowest BCUT2D eigenvalue weighted by molar-refractivity contribution is 0.0992. The van der Waals surface area contributed by atoms with E-state index in [1.165, 1.54) is 0 Å². The zero-order valence-corrected chi connectivity index (χ0v) is 25.4. The maximum Gasteiger partial charge on any atom is 0.161 e. The topological polar surface area (TPSA) is 138 Å². The lowest BCUT2D eigenvalue weighted by Crippen LogP contribution is -2.36. The molecular formula is C31H41N7O3S. The monoisotopic (exact) mass is 591 g/mol. The Hall–Kier alpha value is -3.53. The van der Waals surface area contributed by atoms with Crippen molar-refractivity contribution in [3.8, 4) is 6.07 Å². The van der Waals surface area contributed by atoms with Gasteiger partial charge in [-0.15, -0.1) is 16.9 Å². The summed E-state index contributed by atoms with van der Waals surface area (Å²) in [5.41, 5.74) is 3.02. The Morgan fingerprint density at radius 1 is 1.02 bits per heavy atom. The number of para-hydroxylation sites is 1. The number of azo groups is 1. The smallest absolute Gasteiger partial charge is 0.161 e. The minimum absolute atomic E-state index is 0.0459. The standard InChI is InChI=1S/C31H41N7O3S/c1-4-23(2)38(15-17-39)16-21-42-27-12-10-26(11-13-27)36-37-29-24(3)28(22-32)30(33-14-19-41-20-18-40)35-31(29)34-25-8-6-5-7-9-25/h5-13,23,39-40H,4,14-21H2,1-3H3,(H2,33,34,35). The van der Waals surface area contributed by atoms with Gasteiger partial charge in [0.1, 0.15) is 17.6 Å². The van der Waals surface area contributed by atoms with Crippen LogP contribution in [0.15, 0.2) is 69.7 Å². The number of ether oxygens (including phenoxy) is 1. The number of nitriles is 1. The quantitative estimate of drug-likeness (QED) is 0.0794. The minimum atomic E-state index is -0.0459. The molecule has 0 spiro atoms. The van der Waals surface area contributed by atoms with Crippen molar-refractivity contribution in [1.82, 2.24) is 9.88 Å². The van der Waals surface area contributed by atoms with Crippen LogP contribution in [0.3, 0.4) is 0 Å². The van der Waals surface area contributed by atoms with Crippen molar-refractivity contribution >= 4 is 40.5 Å². The van der Waals surface area contributed by atoms with Crippen molar-refractivity contribution in [3.63, 3.8) is 0 Å². The molecule has 224 valence electrons. The number of nitrogens with zero attached hydrogens (tertiary/aromatic N) is 5. The number of aromatic nitrogens is 1. The molecule has 42 heavy (non-hydrogen) atoms. The van der Waals surface area contributed by atoms with E-state index < -0.39 is 0 Å². The number of rotatable bonds is 18. The van der Waals surface area contributed by atoms with E-state index in [0.29, 0.717) is 59.9 Å². The first-order chi connectivity index (χ1) is 20.5. The number of aliphatic hydroxyl groups excluding tert-OH is 2. The van der Waals surface area contributed by atoms with E-state index in [-0.39, 0.29) is 19.8 Å². The van der Waals surface area contributed by atoms with E-state index >= 15 is 0 Å². The van der Waals surface area contributed by atoms with E-state index in [9.17, 15) is 10.4 Å². The number of pyridine rings is 1. The lowest BCUT2D eigenvalue weighted by atomic mass is 10.1. The van der Waals surface area contributed by atoms with Crippen LogP contribution in [0.5, 0.6) is 0 Å². The molecule has 0 aliphatic rings. The first-order valence-corrected chi connectivity index (χ1v) is 15.2. The fourth-order valence-corrected chi connectivity index (χ4v) is 5.06. The predicted octanol–water partition coefficient (Wildman–Crippen LogP) is 6.03. The Morgan fingerprint density at radius 2 is 1.79 bits per heavy atom. The maximum atomic E-state index is 9.94. The molecule has 3 rings (SSSR count). The minimum Gasteiger partial charge on any atom is -0.395 e. The van der Waals surface area contributed by atoms with Crippen LogP contribution in [-0.4, -0.2) is 78.0 Å². The summed E-state index contributed by atoms with van der Waals surface area (Å²) in [6, 6.07) is 20.2. The molecule has 0 amide bonds. The summed E-state index contributed by atoms with van der Waals surface area (Å²) in [5, 5.41) is 43.7. The van der Waals surface area contributed by atoms with Gasteiger partial charge in [-0.05, 0) is 56.7 Å². The fourth-order valence-electron chi connectivity index (χ4n) is 4.17. The van der Waals surface area contributed by atoms with Crippen LogP contribution in [0, 0.1) is 18.3 Å². The average Bonchev–Trinajstić information content (AvgIpc) is 3.01. The summed E-state index contributed by atoms with van der Waals surface area (Å²) in [6.07, 6.45) is 1.05. The van der Waals surface area contributed by atoms with Crippen LogP contribution in [0.4, 0.5) is 28.7 Å². The molecule has 11 heteroatoms. The second-order valence-corrected chi connectivity index (χ2v) is 10.8. The van der Waals surface area contributed by atoms with Crippen LogP contribution in [0.25, 0.3) is 0 Å². The van der Waals surface area contributed by atoms with Gasteiger partial charge in [0.25, 0.3) is 0 Å². The van der Waals surface area contributed by atoms with Crippen molar-refractivity contribution in [3.05, 3.63) is 65.7 Å². The zero-order chi connectivity index (χ0) is 30.2. The SMILES string of the molecule is CCC(C)N(CCO)CCSc1ccc(N=Nc2c(Nc3ccccc3)nc(NCCOCCO)c(C#N)c2C)cc1. The van der Waals surface area contributed by atoms with E-state index in [0.717, 1.165) is 29.3 Å². The first kappa shape index (κ1) is 33.0. The van der Waals surface area contributed by atoms with Crippen molar-refractivity contribution < 1.29 is 14.9 Å². The molecule has 3 aromatic rings. The normalized spacial score (nSPS) is 12.0. The number of benzene rings is 2. The van der Waals surface area contributed by atoms with Crippen molar-refractivity contribution in [1.29, 1.82) is 5.26 Å². The Labute approximate surface area is 252 Å². The third kappa shape index (κ3) is 10.1. The number of aliphatic hydroxyl groups is 2. The van der Waals surface area contributed by atoms with Crippen LogP contribution >= 0.6 is 11.8 Å². The van der Waals surface area contributed by atoms with Crippen LogP contribution in [0.2, 0.25) is 0 Å². The predicted molar refractivity (Wildman–Crippen MR) is 170 cm³/mol. The van der Waals surface area contributed by atoms with Crippen molar-refractivity contribution in [2.45, 2.75) is 38.1 Å². The number of anilines is 3. The maximum absolute atomic E-state index is 9.94. The molecule has 1 heterocycles. The summed E-state index contributed by atoms with van der Waals surface area (Å²) >= 11 is 1.77. The molecule has 0 fully saturated rings. The fraction of sp³-hybridized carbons (Fsp3) is 0.419. The molecular weight excluding hydrogens is 550 g/mol. The van der Waals surface area contributed by atoms with E-state index in [4.69, 9.17) is 14.8 Å². The highest BCUT2D eigenvalue weighted by atomic mass is 32.2. The Morgan fingerprint density at radius 3 is 2.45 bits per heavy atom. The zero-order valence-electron chi connectivity index (χ0n) is 24.6. The molecule has 0 saturated heterocycles. The van der Waals surface area contributed by atoms with Gasteiger partial charge in [0.2, 0.25) is 0 Å². The molecule has 0 aliphatic carbocycles. The Balaban J connectivity index is 1.78. The second-order valence-electron chi connectivity index (χ2n) is 9.58. The van der Waals surface area contributed by atoms with E-state index in [2.05, 4.69) is 45.7 Å². The van der Waals surface area contributed by atoms with Gasteiger partial charge in [0.15, 0.2) is 5.82 Å². The Bertz CT molecular complexity index is 1300.